The normalized spacial score (nSPS) is 11.2. The molecule has 2 aromatic rings. The minimum Gasteiger partial charge on any atom is -0.493 e. The van der Waals surface area contributed by atoms with Crippen molar-refractivity contribution < 1.29 is 33.3 Å². The van der Waals surface area contributed by atoms with E-state index in [1.54, 1.807) is 6.07 Å². The third-order valence-electron chi connectivity index (χ3n) is 4.86. The van der Waals surface area contributed by atoms with Crippen LogP contribution >= 0.6 is 0 Å². The highest BCUT2D eigenvalue weighted by atomic mass is 16.5. The number of aryl methyl sites for hydroxylation is 1. The average Bonchev–Trinajstić information content (AvgIpc) is 2.79. The lowest BCUT2D eigenvalue weighted by atomic mass is 10.1. The summed E-state index contributed by atoms with van der Waals surface area (Å²) in [6.45, 7) is 4.86. The zero-order valence-corrected chi connectivity index (χ0v) is 19.0. The van der Waals surface area contributed by atoms with Gasteiger partial charge in [0, 0.05) is 11.3 Å². The maximum Gasteiger partial charge on any atom is 0.326 e. The molecule has 2 N–H and O–H groups in total. The predicted octanol–water partition coefficient (Wildman–Crippen LogP) is 2.63. The number of carbonyl (C=O) groups excluding carboxylic acids is 3. The van der Waals surface area contributed by atoms with Gasteiger partial charge in [0.05, 0.1) is 21.3 Å². The van der Waals surface area contributed by atoms with E-state index in [2.05, 4.69) is 10.6 Å². The molecule has 0 saturated carbocycles. The number of amides is 2. The van der Waals surface area contributed by atoms with Crippen LogP contribution in [0.2, 0.25) is 0 Å². The Morgan fingerprint density at radius 2 is 1.59 bits per heavy atom. The molecule has 0 spiro atoms. The monoisotopic (exact) mass is 444 g/mol. The van der Waals surface area contributed by atoms with Gasteiger partial charge in [-0.25, -0.2) is 0 Å². The topological polar surface area (TPSA) is 112 Å². The molecule has 0 saturated heterocycles. The summed E-state index contributed by atoms with van der Waals surface area (Å²) < 4.78 is 20.8. The van der Waals surface area contributed by atoms with Crippen molar-refractivity contribution in [3.63, 3.8) is 0 Å². The van der Waals surface area contributed by atoms with E-state index in [9.17, 15) is 14.4 Å². The number of nitrogens with one attached hydrogen (secondary N) is 2. The Bertz CT molecular complexity index is 979. The number of hydrogen-bond donors (Lipinski definition) is 2. The molecule has 0 bridgehead atoms. The summed E-state index contributed by atoms with van der Waals surface area (Å²) in [7, 11) is 4.32. The number of anilines is 1. The van der Waals surface area contributed by atoms with Crippen molar-refractivity contribution in [3.8, 4) is 17.2 Å². The smallest absolute Gasteiger partial charge is 0.326 e. The third-order valence-corrected chi connectivity index (χ3v) is 4.86. The first-order chi connectivity index (χ1) is 15.2. The lowest BCUT2D eigenvalue weighted by Gasteiger charge is -2.16. The minimum absolute atomic E-state index is 0.202. The van der Waals surface area contributed by atoms with Gasteiger partial charge >= 0.3 is 5.97 Å². The van der Waals surface area contributed by atoms with E-state index < -0.39 is 30.4 Å². The second kappa shape index (κ2) is 11.0. The molecule has 0 aromatic heterocycles. The zero-order chi connectivity index (χ0) is 23.8. The Morgan fingerprint density at radius 1 is 0.969 bits per heavy atom. The first-order valence-corrected chi connectivity index (χ1v) is 9.86. The average molecular weight is 444 g/mol. The van der Waals surface area contributed by atoms with Gasteiger partial charge in [-0.3, -0.25) is 14.4 Å². The number of hydrogen-bond acceptors (Lipinski definition) is 7. The molecule has 9 nitrogen and oxygen atoms in total. The van der Waals surface area contributed by atoms with Crippen molar-refractivity contribution in [2.75, 3.05) is 33.2 Å². The SMILES string of the molecule is COc1cc(C(=O)NCC(=O)OC(C)C(=O)Nc2cccc(C)c2C)cc(OC)c1OC. The summed E-state index contributed by atoms with van der Waals surface area (Å²) >= 11 is 0. The van der Waals surface area contributed by atoms with Gasteiger partial charge in [0.2, 0.25) is 5.75 Å². The Labute approximate surface area is 187 Å². The standard InChI is InChI=1S/C23H28N2O7/c1-13-8-7-9-17(14(13)2)25-22(27)15(3)32-20(26)12-24-23(28)16-10-18(29-4)21(31-6)19(11-16)30-5/h7-11,15H,12H2,1-6H3,(H,24,28)(H,25,27). The number of methoxy groups -OCH3 is 3. The molecule has 2 aromatic carbocycles. The van der Waals surface area contributed by atoms with Crippen molar-refractivity contribution in [1.29, 1.82) is 0 Å². The molecule has 0 aliphatic rings. The molecule has 172 valence electrons. The van der Waals surface area contributed by atoms with Gasteiger partial charge < -0.3 is 29.6 Å². The maximum atomic E-state index is 12.5. The lowest BCUT2D eigenvalue weighted by molar-refractivity contribution is -0.152. The Balaban J connectivity index is 1.95. The summed E-state index contributed by atoms with van der Waals surface area (Å²) in [5.74, 6) is -0.826. The molecule has 1 atom stereocenters. The van der Waals surface area contributed by atoms with Crippen LogP contribution in [-0.4, -0.2) is 51.8 Å². The minimum atomic E-state index is -1.04. The fourth-order valence-electron chi connectivity index (χ4n) is 2.88. The number of carbonyl (C=O) groups is 3. The molecule has 2 amide bonds. The molecule has 9 heteroatoms. The number of ether oxygens (including phenoxy) is 4. The molecule has 2 rings (SSSR count). The largest absolute Gasteiger partial charge is 0.493 e. The first kappa shape index (κ1) is 24.5. The predicted molar refractivity (Wildman–Crippen MR) is 119 cm³/mol. The summed E-state index contributed by atoms with van der Waals surface area (Å²) in [5.41, 5.74) is 2.81. The van der Waals surface area contributed by atoms with Crippen LogP contribution in [0, 0.1) is 13.8 Å². The molecule has 32 heavy (non-hydrogen) atoms. The van der Waals surface area contributed by atoms with Crippen molar-refractivity contribution in [3.05, 3.63) is 47.0 Å². The zero-order valence-electron chi connectivity index (χ0n) is 19.0. The van der Waals surface area contributed by atoms with E-state index in [0.717, 1.165) is 11.1 Å². The summed E-state index contributed by atoms with van der Waals surface area (Å²) in [6.07, 6.45) is -1.04. The van der Waals surface area contributed by atoms with Gasteiger partial charge in [-0.15, -0.1) is 0 Å². The highest BCUT2D eigenvalue weighted by molar-refractivity contribution is 5.98. The van der Waals surface area contributed by atoms with E-state index in [0.29, 0.717) is 22.9 Å². The fourth-order valence-corrected chi connectivity index (χ4v) is 2.88. The lowest BCUT2D eigenvalue weighted by Crippen LogP contribution is -2.36. The van der Waals surface area contributed by atoms with Gasteiger partial charge in [0.25, 0.3) is 11.8 Å². The molecule has 1 unspecified atom stereocenters. The highest BCUT2D eigenvalue weighted by Gasteiger charge is 2.21. The Hall–Kier alpha value is -3.75. The second-order valence-corrected chi connectivity index (χ2v) is 6.97. The number of benzene rings is 2. The summed E-state index contributed by atoms with van der Waals surface area (Å²) in [4.78, 5) is 36.9. The molecule has 0 radical (unpaired) electrons. The van der Waals surface area contributed by atoms with Crippen LogP contribution in [0.4, 0.5) is 5.69 Å². The van der Waals surface area contributed by atoms with Crippen LogP contribution < -0.4 is 24.8 Å². The van der Waals surface area contributed by atoms with Crippen molar-refractivity contribution >= 4 is 23.5 Å². The first-order valence-electron chi connectivity index (χ1n) is 9.86. The van der Waals surface area contributed by atoms with Gasteiger partial charge in [0.1, 0.15) is 6.54 Å². The van der Waals surface area contributed by atoms with E-state index in [1.807, 2.05) is 26.0 Å². The summed E-state index contributed by atoms with van der Waals surface area (Å²) in [5, 5.41) is 5.19. The summed E-state index contributed by atoms with van der Waals surface area (Å²) in [6, 6.07) is 8.45. The molecular weight excluding hydrogens is 416 g/mol. The van der Waals surface area contributed by atoms with Gasteiger partial charge in [-0.1, -0.05) is 12.1 Å². The molecule has 0 aliphatic carbocycles. The number of rotatable bonds is 9. The van der Waals surface area contributed by atoms with Gasteiger partial charge in [0.15, 0.2) is 17.6 Å². The van der Waals surface area contributed by atoms with Crippen molar-refractivity contribution in [2.24, 2.45) is 0 Å². The highest BCUT2D eigenvalue weighted by Crippen LogP contribution is 2.38. The molecule has 0 heterocycles. The van der Waals surface area contributed by atoms with Crippen LogP contribution in [0.3, 0.4) is 0 Å². The van der Waals surface area contributed by atoms with E-state index >= 15 is 0 Å². The van der Waals surface area contributed by atoms with Gasteiger partial charge in [-0.2, -0.15) is 0 Å². The van der Waals surface area contributed by atoms with Crippen LogP contribution in [-0.2, 0) is 14.3 Å². The molecular formula is C23H28N2O7. The van der Waals surface area contributed by atoms with Crippen LogP contribution in [0.25, 0.3) is 0 Å². The van der Waals surface area contributed by atoms with Crippen molar-refractivity contribution in [2.45, 2.75) is 26.9 Å². The van der Waals surface area contributed by atoms with E-state index in [-0.39, 0.29) is 5.56 Å². The maximum absolute atomic E-state index is 12.5. The van der Waals surface area contributed by atoms with Gasteiger partial charge in [-0.05, 0) is 50.1 Å². The van der Waals surface area contributed by atoms with Crippen LogP contribution in [0.1, 0.15) is 28.4 Å². The fraction of sp³-hybridized carbons (Fsp3) is 0.348. The van der Waals surface area contributed by atoms with Crippen molar-refractivity contribution in [1.82, 2.24) is 5.32 Å². The molecule has 0 aliphatic heterocycles. The second-order valence-electron chi connectivity index (χ2n) is 6.97. The molecule has 0 fully saturated rings. The van der Waals surface area contributed by atoms with Crippen LogP contribution in [0.5, 0.6) is 17.2 Å². The third kappa shape index (κ3) is 5.90. The van der Waals surface area contributed by atoms with E-state index in [4.69, 9.17) is 18.9 Å². The number of esters is 1. The quantitative estimate of drug-likeness (QED) is 0.572. The van der Waals surface area contributed by atoms with E-state index in [1.165, 1.54) is 40.4 Å². The Kier molecular flexibility index (Phi) is 8.46. The Morgan fingerprint density at radius 3 is 2.16 bits per heavy atom. The van der Waals surface area contributed by atoms with Crippen LogP contribution in [0.15, 0.2) is 30.3 Å².